The van der Waals surface area contributed by atoms with Crippen LogP contribution in [0.4, 0.5) is 10.5 Å². The van der Waals surface area contributed by atoms with Gasteiger partial charge in [-0.05, 0) is 36.4 Å². The lowest BCUT2D eigenvalue weighted by atomic mass is 10.1. The van der Waals surface area contributed by atoms with E-state index in [9.17, 15) is 9.59 Å². The number of nitrogens with zero attached hydrogens (tertiary/aromatic N) is 2. The number of benzene rings is 2. The quantitative estimate of drug-likeness (QED) is 0.836. The molecule has 2 aromatic carbocycles. The maximum atomic E-state index is 12.6. The Morgan fingerprint density at radius 3 is 2.37 bits per heavy atom. The highest BCUT2D eigenvalue weighted by Gasteiger charge is 2.25. The fourth-order valence-electron chi connectivity index (χ4n) is 2.84. The second-order valence-electron chi connectivity index (χ2n) is 6.07. The fraction of sp³-hybridized carbons (Fsp3) is 0.263. The standard InChI is InChI=1S/C19H19Cl2N3O3/c1-27-15-4-2-3-13(11-15)18(25)23-7-9-24(10-8-23)19(26)22-17-6-5-14(20)12-16(17)21/h2-6,11-12H,7-10H2,1H3,(H,22,26). The largest absolute Gasteiger partial charge is 0.497 e. The Hall–Kier alpha value is -2.44. The summed E-state index contributed by atoms with van der Waals surface area (Å²) in [5.41, 5.74) is 1.07. The van der Waals surface area contributed by atoms with Gasteiger partial charge in [-0.25, -0.2) is 4.79 Å². The molecule has 0 unspecified atom stereocenters. The zero-order valence-electron chi connectivity index (χ0n) is 14.7. The van der Waals surface area contributed by atoms with Crippen LogP contribution in [0.2, 0.25) is 10.0 Å². The molecule has 2 aromatic rings. The first kappa shape index (κ1) is 19.3. The van der Waals surface area contributed by atoms with Gasteiger partial charge in [0, 0.05) is 36.8 Å². The number of anilines is 1. The van der Waals surface area contributed by atoms with E-state index in [2.05, 4.69) is 5.32 Å². The predicted octanol–water partition coefficient (Wildman–Crippen LogP) is 3.99. The molecule has 0 aromatic heterocycles. The van der Waals surface area contributed by atoms with E-state index >= 15 is 0 Å². The topological polar surface area (TPSA) is 61.9 Å². The Morgan fingerprint density at radius 2 is 1.70 bits per heavy atom. The minimum Gasteiger partial charge on any atom is -0.497 e. The van der Waals surface area contributed by atoms with Crippen molar-refractivity contribution in [2.75, 3.05) is 38.6 Å². The Bertz CT molecular complexity index is 852. The van der Waals surface area contributed by atoms with Crippen LogP contribution < -0.4 is 10.1 Å². The molecule has 0 aliphatic carbocycles. The zero-order chi connectivity index (χ0) is 19.4. The highest BCUT2D eigenvalue weighted by Crippen LogP contribution is 2.25. The molecule has 0 atom stereocenters. The Morgan fingerprint density at radius 1 is 1.00 bits per heavy atom. The molecule has 6 nitrogen and oxygen atoms in total. The van der Waals surface area contributed by atoms with Crippen LogP contribution in [0, 0.1) is 0 Å². The SMILES string of the molecule is COc1cccc(C(=O)N2CCN(C(=O)Nc3ccc(Cl)cc3Cl)CC2)c1. The number of urea groups is 1. The highest BCUT2D eigenvalue weighted by atomic mass is 35.5. The molecule has 3 amide bonds. The summed E-state index contributed by atoms with van der Waals surface area (Å²) < 4.78 is 5.16. The molecule has 8 heteroatoms. The van der Waals surface area contributed by atoms with Gasteiger partial charge in [-0.2, -0.15) is 0 Å². The van der Waals surface area contributed by atoms with E-state index < -0.39 is 0 Å². The number of hydrogen-bond donors (Lipinski definition) is 1. The number of carbonyl (C=O) groups excluding carboxylic acids is 2. The van der Waals surface area contributed by atoms with Crippen molar-refractivity contribution in [1.29, 1.82) is 0 Å². The summed E-state index contributed by atoms with van der Waals surface area (Å²) in [6.07, 6.45) is 0. The Kier molecular flexibility index (Phi) is 6.08. The van der Waals surface area contributed by atoms with Crippen LogP contribution in [-0.2, 0) is 0 Å². The molecule has 0 saturated carbocycles. The van der Waals surface area contributed by atoms with Crippen molar-refractivity contribution in [3.05, 3.63) is 58.1 Å². The maximum Gasteiger partial charge on any atom is 0.322 e. The molecule has 0 radical (unpaired) electrons. The zero-order valence-corrected chi connectivity index (χ0v) is 16.3. The van der Waals surface area contributed by atoms with Crippen LogP contribution in [0.1, 0.15) is 10.4 Å². The average Bonchev–Trinajstić information content (AvgIpc) is 2.69. The lowest BCUT2D eigenvalue weighted by Crippen LogP contribution is -2.51. The molecule has 0 spiro atoms. The number of methoxy groups -OCH3 is 1. The van der Waals surface area contributed by atoms with E-state index in [1.165, 1.54) is 0 Å². The molecule has 27 heavy (non-hydrogen) atoms. The summed E-state index contributed by atoms with van der Waals surface area (Å²) in [5, 5.41) is 3.65. The van der Waals surface area contributed by atoms with Crippen LogP contribution >= 0.6 is 23.2 Å². The van der Waals surface area contributed by atoms with Crippen molar-refractivity contribution in [1.82, 2.24) is 9.80 Å². The van der Waals surface area contributed by atoms with Crippen LogP contribution in [0.3, 0.4) is 0 Å². The minimum absolute atomic E-state index is 0.0743. The second kappa shape index (κ2) is 8.50. The number of carbonyl (C=O) groups is 2. The van der Waals surface area contributed by atoms with Gasteiger partial charge in [0.2, 0.25) is 0 Å². The van der Waals surface area contributed by atoms with E-state index in [0.29, 0.717) is 53.2 Å². The molecule has 3 rings (SSSR count). The van der Waals surface area contributed by atoms with E-state index in [4.69, 9.17) is 27.9 Å². The van der Waals surface area contributed by atoms with E-state index in [1.807, 2.05) is 0 Å². The van der Waals surface area contributed by atoms with Gasteiger partial charge in [-0.3, -0.25) is 4.79 Å². The minimum atomic E-state index is -0.257. The number of piperazine rings is 1. The maximum absolute atomic E-state index is 12.6. The normalized spacial score (nSPS) is 14.0. The third-order valence-electron chi connectivity index (χ3n) is 4.34. The molecule has 1 fully saturated rings. The van der Waals surface area contributed by atoms with Gasteiger partial charge in [0.05, 0.1) is 17.8 Å². The van der Waals surface area contributed by atoms with Crippen molar-refractivity contribution in [3.8, 4) is 5.75 Å². The number of amides is 3. The third kappa shape index (κ3) is 4.64. The highest BCUT2D eigenvalue weighted by molar-refractivity contribution is 6.36. The Balaban J connectivity index is 1.57. The van der Waals surface area contributed by atoms with Crippen molar-refractivity contribution in [2.24, 2.45) is 0 Å². The van der Waals surface area contributed by atoms with Crippen LogP contribution in [-0.4, -0.2) is 55.0 Å². The van der Waals surface area contributed by atoms with Crippen molar-refractivity contribution < 1.29 is 14.3 Å². The van der Waals surface area contributed by atoms with Gasteiger partial charge in [0.25, 0.3) is 5.91 Å². The number of rotatable bonds is 3. The first-order valence-corrected chi connectivity index (χ1v) is 9.18. The predicted molar refractivity (Wildman–Crippen MR) is 106 cm³/mol. The lowest BCUT2D eigenvalue weighted by molar-refractivity contribution is 0.0671. The van der Waals surface area contributed by atoms with E-state index in [0.717, 1.165) is 0 Å². The van der Waals surface area contributed by atoms with Crippen LogP contribution in [0.5, 0.6) is 5.75 Å². The van der Waals surface area contributed by atoms with Crippen molar-refractivity contribution in [2.45, 2.75) is 0 Å². The smallest absolute Gasteiger partial charge is 0.322 e. The molecular weight excluding hydrogens is 389 g/mol. The summed E-state index contributed by atoms with van der Waals surface area (Å²) in [5.74, 6) is 0.563. The monoisotopic (exact) mass is 407 g/mol. The molecule has 1 aliphatic heterocycles. The van der Waals surface area contributed by atoms with Gasteiger partial charge in [-0.15, -0.1) is 0 Å². The number of hydrogen-bond acceptors (Lipinski definition) is 3. The molecule has 0 bridgehead atoms. The van der Waals surface area contributed by atoms with Gasteiger partial charge in [0.1, 0.15) is 5.75 Å². The number of ether oxygens (including phenoxy) is 1. The van der Waals surface area contributed by atoms with E-state index in [1.54, 1.807) is 59.4 Å². The number of nitrogens with one attached hydrogen (secondary N) is 1. The average molecular weight is 408 g/mol. The van der Waals surface area contributed by atoms with Gasteiger partial charge < -0.3 is 19.9 Å². The molecule has 1 aliphatic rings. The third-order valence-corrected chi connectivity index (χ3v) is 4.89. The molecule has 1 heterocycles. The Labute approximate surface area is 167 Å². The summed E-state index contributed by atoms with van der Waals surface area (Å²) in [7, 11) is 1.56. The van der Waals surface area contributed by atoms with E-state index in [-0.39, 0.29) is 11.9 Å². The van der Waals surface area contributed by atoms with Crippen LogP contribution in [0.25, 0.3) is 0 Å². The van der Waals surface area contributed by atoms with Gasteiger partial charge in [0.15, 0.2) is 0 Å². The van der Waals surface area contributed by atoms with Gasteiger partial charge in [-0.1, -0.05) is 29.3 Å². The van der Waals surface area contributed by atoms with Gasteiger partial charge >= 0.3 is 6.03 Å². The van der Waals surface area contributed by atoms with Crippen molar-refractivity contribution in [3.63, 3.8) is 0 Å². The molecule has 142 valence electrons. The fourth-order valence-corrected chi connectivity index (χ4v) is 3.29. The first-order valence-electron chi connectivity index (χ1n) is 8.42. The summed E-state index contributed by atoms with van der Waals surface area (Å²) in [6.45, 7) is 1.79. The van der Waals surface area contributed by atoms with Crippen molar-refractivity contribution >= 4 is 40.8 Å². The lowest BCUT2D eigenvalue weighted by Gasteiger charge is -2.34. The molecular formula is C19H19Cl2N3O3. The summed E-state index contributed by atoms with van der Waals surface area (Å²) in [4.78, 5) is 28.5. The number of halogens is 2. The second-order valence-corrected chi connectivity index (χ2v) is 6.91. The van der Waals surface area contributed by atoms with Crippen LogP contribution in [0.15, 0.2) is 42.5 Å². The summed E-state index contributed by atoms with van der Waals surface area (Å²) in [6, 6.07) is 11.7. The first-order chi connectivity index (χ1) is 13.0. The molecule has 1 N–H and O–H groups in total. The molecule has 1 saturated heterocycles. The summed E-state index contributed by atoms with van der Waals surface area (Å²) >= 11 is 12.0.